The SMILES string of the molecule is Cc1ccc(C(C)NC2CCCNC(=O)C2)o1. The summed E-state index contributed by atoms with van der Waals surface area (Å²) in [6.07, 6.45) is 2.63. The number of carbonyl (C=O) groups excluding carboxylic acids is 1. The van der Waals surface area contributed by atoms with Crippen LogP contribution in [-0.4, -0.2) is 18.5 Å². The molecule has 94 valence electrons. The molecule has 0 spiro atoms. The van der Waals surface area contributed by atoms with E-state index in [1.165, 1.54) is 0 Å². The quantitative estimate of drug-likeness (QED) is 0.843. The lowest BCUT2D eigenvalue weighted by molar-refractivity contribution is -0.121. The van der Waals surface area contributed by atoms with Crippen LogP contribution >= 0.6 is 0 Å². The van der Waals surface area contributed by atoms with Crippen molar-refractivity contribution >= 4 is 5.91 Å². The molecule has 1 fully saturated rings. The molecule has 0 aromatic carbocycles. The molecule has 17 heavy (non-hydrogen) atoms. The first kappa shape index (κ1) is 12.2. The zero-order valence-electron chi connectivity index (χ0n) is 10.5. The largest absolute Gasteiger partial charge is 0.465 e. The van der Waals surface area contributed by atoms with Gasteiger partial charge in [0, 0.05) is 19.0 Å². The summed E-state index contributed by atoms with van der Waals surface area (Å²) in [6.45, 7) is 4.81. The maximum Gasteiger partial charge on any atom is 0.221 e. The third kappa shape index (κ3) is 3.33. The van der Waals surface area contributed by atoms with Crippen molar-refractivity contribution in [2.24, 2.45) is 0 Å². The van der Waals surface area contributed by atoms with Crippen LogP contribution in [0.25, 0.3) is 0 Å². The normalized spacial score (nSPS) is 22.9. The lowest BCUT2D eigenvalue weighted by Crippen LogP contribution is -2.34. The van der Waals surface area contributed by atoms with E-state index in [4.69, 9.17) is 4.42 Å². The van der Waals surface area contributed by atoms with E-state index >= 15 is 0 Å². The number of carbonyl (C=O) groups is 1. The molecule has 2 rings (SSSR count). The van der Waals surface area contributed by atoms with Gasteiger partial charge in [-0.25, -0.2) is 0 Å². The predicted octanol–water partition coefficient (Wildman–Crippen LogP) is 1.91. The van der Waals surface area contributed by atoms with Gasteiger partial charge in [-0.2, -0.15) is 0 Å². The monoisotopic (exact) mass is 236 g/mol. The van der Waals surface area contributed by atoms with Crippen LogP contribution in [0.3, 0.4) is 0 Å². The molecule has 2 heterocycles. The molecule has 1 aliphatic heterocycles. The first-order valence-electron chi connectivity index (χ1n) is 6.24. The van der Waals surface area contributed by atoms with Gasteiger partial charge in [0.25, 0.3) is 0 Å². The second kappa shape index (κ2) is 5.36. The van der Waals surface area contributed by atoms with Crippen LogP contribution in [0.5, 0.6) is 0 Å². The average Bonchev–Trinajstić information content (AvgIpc) is 2.61. The minimum atomic E-state index is 0.142. The lowest BCUT2D eigenvalue weighted by Gasteiger charge is -2.19. The predicted molar refractivity (Wildman–Crippen MR) is 65.6 cm³/mol. The summed E-state index contributed by atoms with van der Waals surface area (Å²) in [6, 6.07) is 4.36. The summed E-state index contributed by atoms with van der Waals surface area (Å²) in [5.41, 5.74) is 0. The van der Waals surface area contributed by atoms with Crippen LogP contribution in [0, 0.1) is 6.92 Å². The molecule has 2 atom stereocenters. The summed E-state index contributed by atoms with van der Waals surface area (Å²) < 4.78 is 5.58. The highest BCUT2D eigenvalue weighted by Gasteiger charge is 2.20. The van der Waals surface area contributed by atoms with Gasteiger partial charge < -0.3 is 15.1 Å². The second-order valence-electron chi connectivity index (χ2n) is 4.73. The number of rotatable bonds is 3. The molecule has 0 saturated carbocycles. The summed E-state index contributed by atoms with van der Waals surface area (Å²) in [7, 11) is 0. The smallest absolute Gasteiger partial charge is 0.221 e. The Morgan fingerprint density at radius 3 is 3.06 bits per heavy atom. The molecular weight excluding hydrogens is 216 g/mol. The molecule has 1 aliphatic rings. The van der Waals surface area contributed by atoms with Crippen molar-refractivity contribution in [2.45, 2.75) is 45.2 Å². The molecule has 2 unspecified atom stereocenters. The number of hydrogen-bond acceptors (Lipinski definition) is 3. The van der Waals surface area contributed by atoms with Gasteiger partial charge in [-0.1, -0.05) is 0 Å². The maximum atomic E-state index is 11.4. The molecule has 2 N–H and O–H groups in total. The first-order chi connectivity index (χ1) is 8.15. The van der Waals surface area contributed by atoms with Crippen molar-refractivity contribution in [1.82, 2.24) is 10.6 Å². The highest BCUT2D eigenvalue weighted by atomic mass is 16.3. The third-order valence-electron chi connectivity index (χ3n) is 3.16. The molecular formula is C13H20N2O2. The number of nitrogens with one attached hydrogen (secondary N) is 2. The Balaban J connectivity index is 1.93. The van der Waals surface area contributed by atoms with Crippen molar-refractivity contribution in [3.05, 3.63) is 23.7 Å². The molecule has 1 aromatic heterocycles. The van der Waals surface area contributed by atoms with Gasteiger partial charge in [0.1, 0.15) is 11.5 Å². The van der Waals surface area contributed by atoms with E-state index in [2.05, 4.69) is 17.6 Å². The van der Waals surface area contributed by atoms with Crippen LogP contribution in [-0.2, 0) is 4.79 Å². The third-order valence-corrected chi connectivity index (χ3v) is 3.16. The van der Waals surface area contributed by atoms with Crippen molar-refractivity contribution in [3.8, 4) is 0 Å². The Morgan fingerprint density at radius 1 is 1.53 bits per heavy atom. The number of amides is 1. The fourth-order valence-electron chi connectivity index (χ4n) is 2.24. The van der Waals surface area contributed by atoms with Gasteiger partial charge >= 0.3 is 0 Å². The highest BCUT2D eigenvalue weighted by Crippen LogP contribution is 2.18. The van der Waals surface area contributed by atoms with Crippen LogP contribution in [0.2, 0.25) is 0 Å². The zero-order chi connectivity index (χ0) is 12.3. The van der Waals surface area contributed by atoms with Gasteiger partial charge in [-0.05, 0) is 38.8 Å². The minimum Gasteiger partial charge on any atom is -0.465 e. The highest BCUT2D eigenvalue weighted by molar-refractivity contribution is 5.76. The van der Waals surface area contributed by atoms with Crippen LogP contribution < -0.4 is 10.6 Å². The number of hydrogen-bond donors (Lipinski definition) is 2. The van der Waals surface area contributed by atoms with Gasteiger partial charge in [-0.15, -0.1) is 0 Å². The molecule has 1 saturated heterocycles. The number of furan rings is 1. The van der Waals surface area contributed by atoms with Crippen molar-refractivity contribution < 1.29 is 9.21 Å². The van der Waals surface area contributed by atoms with E-state index < -0.39 is 0 Å². The van der Waals surface area contributed by atoms with E-state index in [-0.39, 0.29) is 18.0 Å². The van der Waals surface area contributed by atoms with E-state index in [0.717, 1.165) is 30.9 Å². The van der Waals surface area contributed by atoms with E-state index in [1.807, 2.05) is 19.1 Å². The summed E-state index contributed by atoms with van der Waals surface area (Å²) in [4.78, 5) is 11.4. The topological polar surface area (TPSA) is 54.3 Å². The van der Waals surface area contributed by atoms with E-state index in [9.17, 15) is 4.79 Å². The Bertz CT molecular complexity index is 387. The summed E-state index contributed by atoms with van der Waals surface area (Å²) in [5, 5.41) is 6.35. The van der Waals surface area contributed by atoms with Crippen LogP contribution in [0.15, 0.2) is 16.5 Å². The minimum absolute atomic E-state index is 0.142. The van der Waals surface area contributed by atoms with Gasteiger partial charge in [0.2, 0.25) is 5.91 Å². The van der Waals surface area contributed by atoms with Crippen molar-refractivity contribution in [2.75, 3.05) is 6.54 Å². The average molecular weight is 236 g/mol. The van der Waals surface area contributed by atoms with Gasteiger partial charge in [0.15, 0.2) is 0 Å². The van der Waals surface area contributed by atoms with Crippen molar-refractivity contribution in [1.29, 1.82) is 0 Å². The fraction of sp³-hybridized carbons (Fsp3) is 0.615. The molecule has 4 heteroatoms. The Hall–Kier alpha value is -1.29. The maximum absolute atomic E-state index is 11.4. The lowest BCUT2D eigenvalue weighted by atomic mass is 10.1. The molecule has 0 radical (unpaired) electrons. The summed E-state index contributed by atoms with van der Waals surface area (Å²) >= 11 is 0. The molecule has 1 aromatic rings. The Kier molecular flexibility index (Phi) is 3.84. The Morgan fingerprint density at radius 2 is 2.35 bits per heavy atom. The molecule has 0 bridgehead atoms. The van der Waals surface area contributed by atoms with E-state index in [0.29, 0.717) is 6.42 Å². The standard InChI is InChI=1S/C13H20N2O2/c1-9-5-6-12(17-9)10(2)15-11-4-3-7-14-13(16)8-11/h5-6,10-11,15H,3-4,7-8H2,1-2H3,(H,14,16). The van der Waals surface area contributed by atoms with Gasteiger partial charge in [0.05, 0.1) is 6.04 Å². The molecule has 0 aliphatic carbocycles. The zero-order valence-corrected chi connectivity index (χ0v) is 10.5. The van der Waals surface area contributed by atoms with Gasteiger partial charge in [-0.3, -0.25) is 4.79 Å². The first-order valence-corrected chi connectivity index (χ1v) is 6.24. The van der Waals surface area contributed by atoms with Crippen molar-refractivity contribution in [3.63, 3.8) is 0 Å². The number of aryl methyl sites for hydroxylation is 1. The van der Waals surface area contributed by atoms with E-state index in [1.54, 1.807) is 0 Å². The van der Waals surface area contributed by atoms with Crippen LogP contribution in [0.1, 0.15) is 43.7 Å². The molecule has 4 nitrogen and oxygen atoms in total. The molecule has 1 amide bonds. The van der Waals surface area contributed by atoms with Crippen LogP contribution in [0.4, 0.5) is 0 Å². The fourth-order valence-corrected chi connectivity index (χ4v) is 2.24. The summed E-state index contributed by atoms with van der Waals surface area (Å²) in [5.74, 6) is 2.00. The second-order valence-corrected chi connectivity index (χ2v) is 4.73. The Labute approximate surface area is 102 Å².